The molecule has 2 N–H and O–H groups in total. The van der Waals surface area contributed by atoms with Gasteiger partial charge >= 0.3 is 12.0 Å². The summed E-state index contributed by atoms with van der Waals surface area (Å²) >= 11 is 0. The van der Waals surface area contributed by atoms with Gasteiger partial charge < -0.3 is 19.9 Å². The van der Waals surface area contributed by atoms with Gasteiger partial charge in [-0.15, -0.1) is 10.2 Å². The van der Waals surface area contributed by atoms with Gasteiger partial charge in [0, 0.05) is 13.1 Å². The van der Waals surface area contributed by atoms with E-state index in [4.69, 9.17) is 5.11 Å². The molecule has 8 nitrogen and oxygen atoms in total. The molecule has 1 aromatic rings. The molecule has 0 bridgehead atoms. The van der Waals surface area contributed by atoms with Crippen molar-refractivity contribution in [1.82, 2.24) is 25.0 Å². The monoisotopic (exact) mass is 255 g/mol. The van der Waals surface area contributed by atoms with E-state index in [-0.39, 0.29) is 19.1 Å². The third-order valence-electron chi connectivity index (χ3n) is 2.39. The van der Waals surface area contributed by atoms with E-state index in [1.54, 1.807) is 25.5 Å². The molecule has 18 heavy (non-hydrogen) atoms. The van der Waals surface area contributed by atoms with Crippen molar-refractivity contribution in [2.75, 3.05) is 6.54 Å². The molecule has 0 aliphatic heterocycles. The average Bonchev–Trinajstić information content (AvgIpc) is 2.68. The maximum atomic E-state index is 11.8. The average molecular weight is 255 g/mol. The number of hydrogen-bond acceptors (Lipinski definition) is 4. The molecule has 1 heterocycles. The Morgan fingerprint density at radius 2 is 2.22 bits per heavy atom. The van der Waals surface area contributed by atoms with Crippen molar-refractivity contribution in [3.05, 3.63) is 12.2 Å². The summed E-state index contributed by atoms with van der Waals surface area (Å²) in [6.45, 7) is 3.39. The molecule has 0 unspecified atom stereocenters. The molecule has 0 saturated carbocycles. The van der Waals surface area contributed by atoms with Crippen LogP contribution < -0.4 is 5.32 Å². The van der Waals surface area contributed by atoms with Gasteiger partial charge in [0.15, 0.2) is 5.82 Å². The van der Waals surface area contributed by atoms with Crippen molar-refractivity contribution < 1.29 is 14.7 Å². The summed E-state index contributed by atoms with van der Waals surface area (Å²) in [6, 6.07) is -0.629. The third-order valence-corrected chi connectivity index (χ3v) is 2.39. The van der Waals surface area contributed by atoms with Gasteiger partial charge in [-0.3, -0.25) is 4.79 Å². The molecule has 8 heteroatoms. The number of carbonyl (C=O) groups excluding carboxylic acids is 1. The lowest BCUT2D eigenvalue weighted by Crippen LogP contribution is -2.46. The predicted molar refractivity (Wildman–Crippen MR) is 62.7 cm³/mol. The Kier molecular flexibility index (Phi) is 4.64. The van der Waals surface area contributed by atoms with Crippen LogP contribution in [0.15, 0.2) is 6.33 Å². The fraction of sp³-hybridized carbons (Fsp3) is 0.600. The van der Waals surface area contributed by atoms with Crippen LogP contribution in [0.2, 0.25) is 0 Å². The van der Waals surface area contributed by atoms with Gasteiger partial charge in [0.2, 0.25) is 0 Å². The van der Waals surface area contributed by atoms with Gasteiger partial charge in [-0.1, -0.05) is 0 Å². The second-order valence-corrected chi connectivity index (χ2v) is 4.13. The van der Waals surface area contributed by atoms with Gasteiger partial charge in [-0.05, 0) is 13.8 Å². The van der Waals surface area contributed by atoms with E-state index in [0.717, 1.165) is 0 Å². The van der Waals surface area contributed by atoms with E-state index in [2.05, 4.69) is 15.5 Å². The standard InChI is InChI=1S/C10H17N5O3/c1-7(2)15(5-9(16)17)10(18)11-4-8-13-12-6-14(8)3/h6-7H,4-5H2,1-3H3,(H,11,18)(H,16,17). The number of carboxylic acids is 1. The second kappa shape index (κ2) is 5.99. The lowest BCUT2D eigenvalue weighted by atomic mass is 10.3. The molecule has 0 atom stereocenters. The zero-order chi connectivity index (χ0) is 13.7. The Bertz CT molecular complexity index is 429. The number of aromatic nitrogens is 3. The van der Waals surface area contributed by atoms with E-state index < -0.39 is 12.0 Å². The first-order valence-corrected chi connectivity index (χ1v) is 5.51. The Morgan fingerprint density at radius 1 is 1.56 bits per heavy atom. The minimum absolute atomic E-state index is 0.194. The first-order valence-electron chi connectivity index (χ1n) is 5.51. The Morgan fingerprint density at radius 3 is 2.67 bits per heavy atom. The number of nitrogens with one attached hydrogen (secondary N) is 1. The fourth-order valence-electron chi connectivity index (χ4n) is 1.36. The molecule has 0 aliphatic rings. The molecule has 1 aromatic heterocycles. The summed E-state index contributed by atoms with van der Waals surface area (Å²) in [7, 11) is 1.76. The van der Waals surface area contributed by atoms with E-state index >= 15 is 0 Å². The van der Waals surface area contributed by atoms with Crippen molar-refractivity contribution >= 4 is 12.0 Å². The van der Waals surface area contributed by atoms with E-state index in [1.165, 1.54) is 11.2 Å². The number of aryl methyl sites for hydroxylation is 1. The highest BCUT2D eigenvalue weighted by Crippen LogP contribution is 1.99. The first kappa shape index (κ1) is 13.9. The molecular formula is C10H17N5O3. The number of rotatable bonds is 5. The highest BCUT2D eigenvalue weighted by molar-refractivity contribution is 5.80. The van der Waals surface area contributed by atoms with Crippen LogP contribution >= 0.6 is 0 Å². The minimum atomic E-state index is -1.04. The molecule has 0 fully saturated rings. The normalized spacial score (nSPS) is 10.4. The maximum Gasteiger partial charge on any atom is 0.323 e. The van der Waals surface area contributed by atoms with Crippen LogP contribution in [-0.2, 0) is 18.4 Å². The summed E-state index contributed by atoms with van der Waals surface area (Å²) in [6.07, 6.45) is 1.53. The minimum Gasteiger partial charge on any atom is -0.480 e. The summed E-state index contributed by atoms with van der Waals surface area (Å²) in [5.41, 5.74) is 0. The van der Waals surface area contributed by atoms with Crippen molar-refractivity contribution in [2.45, 2.75) is 26.4 Å². The highest BCUT2D eigenvalue weighted by atomic mass is 16.4. The Labute approximate surface area is 105 Å². The van der Waals surface area contributed by atoms with Gasteiger partial charge in [0.25, 0.3) is 0 Å². The summed E-state index contributed by atoms with van der Waals surface area (Å²) < 4.78 is 1.68. The zero-order valence-corrected chi connectivity index (χ0v) is 10.6. The Hall–Kier alpha value is -2.12. The number of amides is 2. The van der Waals surface area contributed by atoms with Gasteiger partial charge in [-0.2, -0.15) is 0 Å². The van der Waals surface area contributed by atoms with Crippen LogP contribution in [0.25, 0.3) is 0 Å². The van der Waals surface area contributed by atoms with Crippen LogP contribution in [-0.4, -0.2) is 49.4 Å². The molecule has 0 aromatic carbocycles. The molecule has 0 radical (unpaired) electrons. The molecular weight excluding hydrogens is 238 g/mol. The van der Waals surface area contributed by atoms with Crippen molar-refractivity contribution in [2.24, 2.45) is 7.05 Å². The number of urea groups is 1. The van der Waals surface area contributed by atoms with Crippen LogP contribution in [0.4, 0.5) is 4.79 Å². The predicted octanol–water partition coefficient (Wildman–Crippen LogP) is -0.180. The number of carboxylic acid groups (broad SMARTS) is 1. The molecule has 0 saturated heterocycles. The van der Waals surface area contributed by atoms with Gasteiger partial charge in [0.05, 0.1) is 6.54 Å². The van der Waals surface area contributed by atoms with Crippen LogP contribution in [0.5, 0.6) is 0 Å². The molecule has 2 amide bonds. The zero-order valence-electron chi connectivity index (χ0n) is 10.6. The fourth-order valence-corrected chi connectivity index (χ4v) is 1.36. The number of hydrogen-bond donors (Lipinski definition) is 2. The van der Waals surface area contributed by atoms with E-state index in [1.807, 2.05) is 0 Å². The molecule has 1 rings (SSSR count). The topological polar surface area (TPSA) is 100 Å². The lowest BCUT2D eigenvalue weighted by molar-refractivity contribution is -0.138. The number of nitrogens with zero attached hydrogens (tertiary/aromatic N) is 4. The first-order chi connectivity index (χ1) is 8.41. The lowest BCUT2D eigenvalue weighted by Gasteiger charge is -2.24. The van der Waals surface area contributed by atoms with Gasteiger partial charge in [0.1, 0.15) is 12.9 Å². The SMILES string of the molecule is CC(C)N(CC(=O)O)C(=O)NCc1nncn1C. The molecule has 0 spiro atoms. The third kappa shape index (κ3) is 3.72. The molecule has 100 valence electrons. The van der Waals surface area contributed by atoms with E-state index in [9.17, 15) is 9.59 Å². The van der Waals surface area contributed by atoms with Crippen molar-refractivity contribution in [3.63, 3.8) is 0 Å². The van der Waals surface area contributed by atoms with Crippen molar-refractivity contribution in [3.8, 4) is 0 Å². The quantitative estimate of drug-likeness (QED) is 0.760. The second-order valence-electron chi connectivity index (χ2n) is 4.13. The highest BCUT2D eigenvalue weighted by Gasteiger charge is 2.19. The van der Waals surface area contributed by atoms with Crippen LogP contribution in [0.3, 0.4) is 0 Å². The van der Waals surface area contributed by atoms with E-state index in [0.29, 0.717) is 5.82 Å². The number of aliphatic carboxylic acids is 1. The smallest absolute Gasteiger partial charge is 0.323 e. The summed E-state index contributed by atoms with van der Waals surface area (Å²) in [5, 5.41) is 18.8. The number of carbonyl (C=O) groups is 2. The molecule has 0 aliphatic carbocycles. The van der Waals surface area contributed by atoms with Gasteiger partial charge in [-0.25, -0.2) is 4.79 Å². The summed E-state index contributed by atoms with van der Waals surface area (Å²) in [5.74, 6) is -0.445. The van der Waals surface area contributed by atoms with Crippen molar-refractivity contribution in [1.29, 1.82) is 0 Å². The Balaban J connectivity index is 2.57. The maximum absolute atomic E-state index is 11.8. The largest absolute Gasteiger partial charge is 0.480 e. The van der Waals surface area contributed by atoms with Crippen LogP contribution in [0.1, 0.15) is 19.7 Å². The van der Waals surface area contributed by atoms with Crippen LogP contribution in [0, 0.1) is 0 Å². The summed E-state index contributed by atoms with van der Waals surface area (Å²) in [4.78, 5) is 23.7.